The molecule has 1 aliphatic heterocycles. The Morgan fingerprint density at radius 1 is 1.32 bits per heavy atom. The van der Waals surface area contributed by atoms with E-state index in [1.807, 2.05) is 31.2 Å². The van der Waals surface area contributed by atoms with Gasteiger partial charge in [-0.2, -0.15) is 0 Å². The molecule has 0 radical (unpaired) electrons. The highest BCUT2D eigenvalue weighted by Gasteiger charge is 2.24. The number of anilines is 1. The zero-order chi connectivity index (χ0) is 20.3. The molecule has 0 saturated carbocycles. The number of aryl methyl sites for hydroxylation is 1. The minimum Gasteiger partial charge on any atom is -0.322 e. The molecule has 1 unspecified atom stereocenters. The highest BCUT2D eigenvalue weighted by atomic mass is 35.5. The van der Waals surface area contributed by atoms with Crippen LogP contribution in [0.15, 0.2) is 36.4 Å². The Labute approximate surface area is 172 Å². The number of rotatable bonds is 5. The van der Waals surface area contributed by atoms with Crippen LogP contribution in [0.2, 0.25) is 5.02 Å². The molecule has 28 heavy (non-hydrogen) atoms. The van der Waals surface area contributed by atoms with Crippen LogP contribution in [0.4, 0.5) is 5.69 Å². The zero-order valence-electron chi connectivity index (χ0n) is 16.6. The lowest BCUT2D eigenvalue weighted by Gasteiger charge is -2.21. The predicted molar refractivity (Wildman–Crippen MR) is 116 cm³/mol. The number of carbonyl (C=O) groups is 1. The molecular formula is C23H26ClN3O. The lowest BCUT2D eigenvalue weighted by atomic mass is 10.1. The molecule has 2 aromatic rings. The Kier molecular flexibility index (Phi) is 6.41. The zero-order valence-corrected chi connectivity index (χ0v) is 17.4. The highest BCUT2D eigenvalue weighted by molar-refractivity contribution is 6.31. The minimum absolute atomic E-state index is 0.200. The van der Waals surface area contributed by atoms with E-state index in [9.17, 15) is 4.79 Å². The van der Waals surface area contributed by atoms with Crippen LogP contribution in [0, 0.1) is 19.3 Å². The van der Waals surface area contributed by atoms with Crippen molar-refractivity contribution in [3.8, 4) is 12.3 Å². The lowest BCUT2D eigenvalue weighted by Crippen LogP contribution is -2.31. The van der Waals surface area contributed by atoms with Gasteiger partial charge in [-0.1, -0.05) is 29.7 Å². The van der Waals surface area contributed by atoms with Gasteiger partial charge in [-0.25, -0.2) is 0 Å². The molecule has 0 bridgehead atoms. The SMILES string of the molecule is C#Cc1cc(C(=O)Nc2ccc(CN3CCC(N(C)C)C3)c(Cl)c2)ccc1C. The predicted octanol–water partition coefficient (Wildman–Crippen LogP) is 4.02. The number of hydrogen-bond acceptors (Lipinski definition) is 3. The first-order chi connectivity index (χ1) is 13.4. The Balaban J connectivity index is 1.66. The Morgan fingerprint density at radius 3 is 2.75 bits per heavy atom. The van der Waals surface area contributed by atoms with Crippen LogP contribution in [-0.2, 0) is 6.54 Å². The number of amides is 1. The summed E-state index contributed by atoms with van der Waals surface area (Å²) in [5.74, 6) is 2.41. The first-order valence-corrected chi connectivity index (χ1v) is 9.81. The number of nitrogens with zero attached hydrogens (tertiary/aromatic N) is 2. The fourth-order valence-corrected chi connectivity index (χ4v) is 3.73. The topological polar surface area (TPSA) is 35.6 Å². The quantitative estimate of drug-likeness (QED) is 0.777. The molecule has 1 saturated heterocycles. The van der Waals surface area contributed by atoms with Crippen LogP contribution in [-0.4, -0.2) is 48.9 Å². The van der Waals surface area contributed by atoms with E-state index < -0.39 is 0 Å². The maximum Gasteiger partial charge on any atom is 0.255 e. The number of halogens is 1. The summed E-state index contributed by atoms with van der Waals surface area (Å²) < 4.78 is 0. The lowest BCUT2D eigenvalue weighted by molar-refractivity contribution is 0.102. The van der Waals surface area contributed by atoms with Gasteiger partial charge in [-0.15, -0.1) is 6.42 Å². The molecule has 146 valence electrons. The molecular weight excluding hydrogens is 370 g/mol. The summed E-state index contributed by atoms with van der Waals surface area (Å²) in [6.45, 7) is 4.87. The van der Waals surface area contributed by atoms with E-state index in [1.54, 1.807) is 12.1 Å². The van der Waals surface area contributed by atoms with E-state index in [2.05, 4.69) is 35.1 Å². The van der Waals surface area contributed by atoms with E-state index in [0.29, 0.717) is 22.3 Å². The van der Waals surface area contributed by atoms with Crippen LogP contribution < -0.4 is 5.32 Å². The largest absolute Gasteiger partial charge is 0.322 e. The Morgan fingerprint density at radius 2 is 2.11 bits per heavy atom. The van der Waals surface area contributed by atoms with Crippen molar-refractivity contribution in [1.82, 2.24) is 9.80 Å². The van der Waals surface area contributed by atoms with Crippen molar-refractivity contribution >= 4 is 23.2 Å². The molecule has 1 amide bonds. The monoisotopic (exact) mass is 395 g/mol. The molecule has 0 aliphatic carbocycles. The van der Waals surface area contributed by atoms with E-state index in [-0.39, 0.29) is 5.91 Å². The van der Waals surface area contributed by atoms with E-state index in [4.69, 9.17) is 18.0 Å². The van der Waals surface area contributed by atoms with Crippen LogP contribution in [0.25, 0.3) is 0 Å². The number of likely N-dealkylation sites (tertiary alicyclic amines) is 1. The van der Waals surface area contributed by atoms with Crippen molar-refractivity contribution in [3.05, 3.63) is 63.7 Å². The van der Waals surface area contributed by atoms with Gasteiger partial charge in [-0.3, -0.25) is 9.69 Å². The summed E-state index contributed by atoms with van der Waals surface area (Å²) >= 11 is 6.49. The Bertz CT molecular complexity index is 917. The van der Waals surface area contributed by atoms with Gasteiger partial charge in [0.15, 0.2) is 0 Å². The van der Waals surface area contributed by atoms with Gasteiger partial charge in [-0.05, 0) is 62.8 Å². The molecule has 1 atom stereocenters. The maximum absolute atomic E-state index is 12.5. The molecule has 1 fully saturated rings. The number of carbonyl (C=O) groups excluding carboxylic acids is 1. The third kappa shape index (κ3) is 4.74. The third-order valence-corrected chi connectivity index (χ3v) is 5.69. The van der Waals surface area contributed by atoms with Gasteiger partial charge in [0.2, 0.25) is 0 Å². The standard InChI is InChI=1S/C23H26ClN3O/c1-5-17-12-18(7-6-16(17)2)23(28)25-20-9-8-19(22(24)13-20)14-27-11-10-21(15-27)26(3)4/h1,6-9,12-13,21H,10-11,14-15H2,2-4H3,(H,25,28). The molecule has 4 nitrogen and oxygen atoms in total. The number of likely N-dealkylation sites (N-methyl/N-ethyl adjacent to an activating group) is 1. The van der Waals surface area contributed by atoms with Gasteiger partial charge < -0.3 is 10.2 Å². The molecule has 5 heteroatoms. The van der Waals surface area contributed by atoms with E-state index >= 15 is 0 Å². The molecule has 3 rings (SSSR count). The van der Waals surface area contributed by atoms with Crippen LogP contribution >= 0.6 is 11.6 Å². The van der Waals surface area contributed by atoms with E-state index in [0.717, 1.165) is 36.3 Å². The van der Waals surface area contributed by atoms with Gasteiger partial charge in [0.05, 0.1) is 0 Å². The minimum atomic E-state index is -0.200. The van der Waals surface area contributed by atoms with Crippen molar-refractivity contribution < 1.29 is 4.79 Å². The normalized spacial score (nSPS) is 16.9. The average Bonchev–Trinajstić information content (AvgIpc) is 3.13. The van der Waals surface area contributed by atoms with Gasteiger partial charge >= 0.3 is 0 Å². The average molecular weight is 396 g/mol. The van der Waals surface area contributed by atoms with Crippen molar-refractivity contribution in [2.24, 2.45) is 0 Å². The first kappa shape index (κ1) is 20.4. The molecule has 1 aliphatic rings. The Hall–Kier alpha value is -2.32. The molecule has 2 aromatic carbocycles. The summed E-state index contributed by atoms with van der Waals surface area (Å²) in [6, 6.07) is 11.7. The summed E-state index contributed by atoms with van der Waals surface area (Å²) in [4.78, 5) is 17.2. The second-order valence-corrected chi connectivity index (χ2v) is 7.98. The fourth-order valence-electron chi connectivity index (χ4n) is 3.49. The van der Waals surface area contributed by atoms with Crippen molar-refractivity contribution in [2.45, 2.75) is 25.9 Å². The molecule has 0 aromatic heterocycles. The number of nitrogens with one attached hydrogen (secondary N) is 1. The van der Waals surface area contributed by atoms with Gasteiger partial charge in [0.25, 0.3) is 5.91 Å². The second kappa shape index (κ2) is 8.79. The first-order valence-electron chi connectivity index (χ1n) is 9.43. The van der Waals surface area contributed by atoms with E-state index in [1.165, 1.54) is 6.42 Å². The number of terminal acetylenes is 1. The third-order valence-electron chi connectivity index (χ3n) is 5.34. The summed E-state index contributed by atoms with van der Waals surface area (Å²) in [5.41, 5.74) is 3.98. The molecule has 1 heterocycles. The smallest absolute Gasteiger partial charge is 0.255 e. The fraction of sp³-hybridized carbons (Fsp3) is 0.348. The van der Waals surface area contributed by atoms with Crippen LogP contribution in [0.1, 0.15) is 33.5 Å². The van der Waals surface area contributed by atoms with Crippen LogP contribution in [0.3, 0.4) is 0 Å². The second-order valence-electron chi connectivity index (χ2n) is 7.58. The van der Waals surface area contributed by atoms with Gasteiger partial charge in [0, 0.05) is 47.5 Å². The van der Waals surface area contributed by atoms with Crippen molar-refractivity contribution in [1.29, 1.82) is 0 Å². The molecule has 1 N–H and O–H groups in total. The van der Waals surface area contributed by atoms with Crippen molar-refractivity contribution in [3.63, 3.8) is 0 Å². The number of benzene rings is 2. The van der Waals surface area contributed by atoms with Gasteiger partial charge in [0.1, 0.15) is 0 Å². The van der Waals surface area contributed by atoms with Crippen molar-refractivity contribution in [2.75, 3.05) is 32.5 Å². The van der Waals surface area contributed by atoms with Crippen LogP contribution in [0.5, 0.6) is 0 Å². The highest BCUT2D eigenvalue weighted by Crippen LogP contribution is 2.25. The summed E-state index contributed by atoms with van der Waals surface area (Å²) in [6.07, 6.45) is 6.67. The number of hydrogen-bond donors (Lipinski definition) is 1. The molecule has 0 spiro atoms. The summed E-state index contributed by atoms with van der Waals surface area (Å²) in [7, 11) is 4.25. The maximum atomic E-state index is 12.5. The summed E-state index contributed by atoms with van der Waals surface area (Å²) in [5, 5.41) is 3.57.